The zero-order valence-corrected chi connectivity index (χ0v) is 10.4. The highest BCUT2D eigenvalue weighted by Crippen LogP contribution is 2.65. The molecule has 18 heavy (non-hydrogen) atoms. The number of alkyl halides is 3. The van der Waals surface area contributed by atoms with Gasteiger partial charge in [-0.3, -0.25) is 0 Å². The molecule has 0 bridgehead atoms. The normalized spacial score (nSPS) is 21.1. The van der Waals surface area contributed by atoms with E-state index in [1.54, 1.807) is 24.3 Å². The predicted molar refractivity (Wildman–Crippen MR) is 64.4 cm³/mol. The van der Waals surface area contributed by atoms with Crippen LogP contribution >= 0.6 is 0 Å². The summed E-state index contributed by atoms with van der Waals surface area (Å²) in [5.41, 5.74) is -0.0484. The van der Waals surface area contributed by atoms with Crippen LogP contribution in [-0.4, -0.2) is 6.18 Å². The van der Waals surface area contributed by atoms with Crippen LogP contribution in [0.4, 0.5) is 13.2 Å². The van der Waals surface area contributed by atoms with Gasteiger partial charge < -0.3 is 0 Å². The molecule has 2 aliphatic rings. The van der Waals surface area contributed by atoms with E-state index < -0.39 is 11.6 Å². The summed E-state index contributed by atoms with van der Waals surface area (Å²) < 4.78 is 41.2. The minimum absolute atomic E-state index is 0.187. The highest BCUT2D eigenvalue weighted by atomic mass is 19.4. The van der Waals surface area contributed by atoms with E-state index in [2.05, 4.69) is 0 Å². The summed E-state index contributed by atoms with van der Waals surface area (Å²) in [4.78, 5) is 0. The number of hydrogen-bond donors (Lipinski definition) is 0. The molecule has 0 amide bonds. The Kier molecular flexibility index (Phi) is 2.51. The first-order valence-corrected chi connectivity index (χ1v) is 6.60. The highest BCUT2D eigenvalue weighted by Gasteiger charge is 2.68. The molecule has 0 atom stereocenters. The summed E-state index contributed by atoms with van der Waals surface area (Å²) >= 11 is 0. The molecular formula is C15H17F3. The third-order valence-electron chi connectivity index (χ3n) is 4.44. The van der Waals surface area contributed by atoms with Gasteiger partial charge in [-0.2, -0.15) is 13.2 Å². The second-order valence-electron chi connectivity index (χ2n) is 5.78. The van der Waals surface area contributed by atoms with Gasteiger partial charge in [0.25, 0.3) is 0 Å². The van der Waals surface area contributed by atoms with Gasteiger partial charge in [0.15, 0.2) is 0 Å². The molecule has 2 fully saturated rings. The van der Waals surface area contributed by atoms with E-state index >= 15 is 0 Å². The molecule has 0 aromatic heterocycles. The van der Waals surface area contributed by atoms with Crippen molar-refractivity contribution < 1.29 is 13.2 Å². The Labute approximate surface area is 105 Å². The molecule has 1 aromatic carbocycles. The van der Waals surface area contributed by atoms with Crippen molar-refractivity contribution in [3.05, 3.63) is 35.4 Å². The standard InChI is InChI=1S/C15H17F3/c1-10-2-4-11(5-3-10)14(12-6-7-12,13-8-9-13)15(16,17)18/h2-5,12-13H,6-9H2,1H3. The highest BCUT2D eigenvalue weighted by molar-refractivity contribution is 5.35. The summed E-state index contributed by atoms with van der Waals surface area (Å²) in [7, 11) is 0. The molecule has 2 saturated carbocycles. The predicted octanol–water partition coefficient (Wildman–Crippen LogP) is 4.62. The maximum absolute atomic E-state index is 13.7. The Balaban J connectivity index is 2.11. The van der Waals surface area contributed by atoms with E-state index in [0.717, 1.165) is 31.2 Å². The van der Waals surface area contributed by atoms with Gasteiger partial charge in [0, 0.05) is 0 Å². The molecule has 0 saturated heterocycles. The average Bonchev–Trinajstić information content (AvgIpc) is 3.12. The fourth-order valence-corrected chi connectivity index (χ4v) is 3.34. The number of benzene rings is 1. The maximum Gasteiger partial charge on any atom is 0.398 e. The van der Waals surface area contributed by atoms with Crippen LogP contribution in [0.2, 0.25) is 0 Å². The fourth-order valence-electron chi connectivity index (χ4n) is 3.34. The molecule has 0 unspecified atom stereocenters. The van der Waals surface area contributed by atoms with Gasteiger partial charge in [-0.15, -0.1) is 0 Å². The Morgan fingerprint density at radius 2 is 1.33 bits per heavy atom. The summed E-state index contributed by atoms with van der Waals surface area (Å²) in [6.45, 7) is 1.91. The van der Waals surface area contributed by atoms with E-state index in [0.29, 0.717) is 5.56 Å². The third kappa shape index (κ3) is 1.67. The van der Waals surface area contributed by atoms with Crippen molar-refractivity contribution in [1.29, 1.82) is 0 Å². The second kappa shape index (κ2) is 3.75. The molecule has 0 aliphatic heterocycles. The van der Waals surface area contributed by atoms with Crippen LogP contribution in [0.25, 0.3) is 0 Å². The SMILES string of the molecule is Cc1ccc(C(C2CC2)(C2CC2)C(F)(F)F)cc1. The Hall–Kier alpha value is -0.990. The van der Waals surface area contributed by atoms with Crippen LogP contribution in [-0.2, 0) is 5.41 Å². The first-order valence-electron chi connectivity index (χ1n) is 6.60. The van der Waals surface area contributed by atoms with Gasteiger partial charge in [0.05, 0.1) is 5.41 Å². The maximum atomic E-state index is 13.7. The Morgan fingerprint density at radius 3 is 1.67 bits per heavy atom. The zero-order valence-electron chi connectivity index (χ0n) is 10.4. The number of aryl methyl sites for hydroxylation is 1. The molecular weight excluding hydrogens is 237 g/mol. The lowest BCUT2D eigenvalue weighted by atomic mass is 9.71. The monoisotopic (exact) mass is 254 g/mol. The fraction of sp³-hybridized carbons (Fsp3) is 0.600. The number of rotatable bonds is 3. The first kappa shape index (κ1) is 12.1. The van der Waals surface area contributed by atoms with Crippen molar-refractivity contribution in [1.82, 2.24) is 0 Å². The first-order chi connectivity index (χ1) is 8.46. The lowest BCUT2D eigenvalue weighted by Gasteiger charge is -2.37. The van der Waals surface area contributed by atoms with Crippen LogP contribution in [0.3, 0.4) is 0 Å². The van der Waals surface area contributed by atoms with Crippen molar-refractivity contribution in [2.75, 3.05) is 0 Å². The van der Waals surface area contributed by atoms with Gasteiger partial charge in [-0.1, -0.05) is 29.8 Å². The van der Waals surface area contributed by atoms with E-state index in [9.17, 15) is 13.2 Å². The minimum Gasteiger partial charge on any atom is -0.170 e. The third-order valence-corrected chi connectivity index (χ3v) is 4.44. The summed E-state index contributed by atoms with van der Waals surface area (Å²) in [6.07, 6.45) is -1.22. The zero-order chi connectivity index (χ0) is 13.0. The summed E-state index contributed by atoms with van der Waals surface area (Å²) in [5.74, 6) is -0.375. The van der Waals surface area contributed by atoms with Gasteiger partial charge in [0.1, 0.15) is 0 Å². The largest absolute Gasteiger partial charge is 0.398 e. The summed E-state index contributed by atoms with van der Waals surface area (Å²) in [5, 5.41) is 0. The molecule has 98 valence electrons. The average molecular weight is 254 g/mol. The lowest BCUT2D eigenvalue weighted by Crippen LogP contribution is -2.46. The molecule has 0 N–H and O–H groups in total. The van der Waals surface area contributed by atoms with Crippen molar-refractivity contribution in [3.8, 4) is 0 Å². The van der Waals surface area contributed by atoms with Gasteiger partial charge in [-0.05, 0) is 50.0 Å². The van der Waals surface area contributed by atoms with Crippen molar-refractivity contribution in [2.45, 2.75) is 44.2 Å². The van der Waals surface area contributed by atoms with Crippen LogP contribution < -0.4 is 0 Å². The molecule has 0 radical (unpaired) electrons. The quantitative estimate of drug-likeness (QED) is 0.738. The van der Waals surface area contributed by atoms with Crippen molar-refractivity contribution >= 4 is 0 Å². The number of halogens is 3. The second-order valence-corrected chi connectivity index (χ2v) is 5.78. The molecule has 3 rings (SSSR count). The van der Waals surface area contributed by atoms with E-state index in [1.165, 1.54) is 0 Å². The van der Waals surface area contributed by atoms with Gasteiger partial charge >= 0.3 is 6.18 Å². The van der Waals surface area contributed by atoms with Crippen LogP contribution in [0.15, 0.2) is 24.3 Å². The topological polar surface area (TPSA) is 0 Å². The Morgan fingerprint density at radius 1 is 0.889 bits per heavy atom. The van der Waals surface area contributed by atoms with Crippen LogP contribution in [0.1, 0.15) is 36.8 Å². The summed E-state index contributed by atoms with van der Waals surface area (Å²) in [6, 6.07) is 7.00. The van der Waals surface area contributed by atoms with E-state index in [-0.39, 0.29) is 11.8 Å². The smallest absolute Gasteiger partial charge is 0.170 e. The Bertz CT molecular complexity index is 424. The molecule has 2 aliphatic carbocycles. The van der Waals surface area contributed by atoms with Crippen molar-refractivity contribution in [2.24, 2.45) is 11.8 Å². The molecule has 0 heterocycles. The molecule has 0 nitrogen and oxygen atoms in total. The van der Waals surface area contributed by atoms with Crippen LogP contribution in [0.5, 0.6) is 0 Å². The molecule has 0 spiro atoms. The van der Waals surface area contributed by atoms with Gasteiger partial charge in [-0.25, -0.2) is 0 Å². The lowest BCUT2D eigenvalue weighted by molar-refractivity contribution is -0.204. The van der Waals surface area contributed by atoms with E-state index in [4.69, 9.17) is 0 Å². The van der Waals surface area contributed by atoms with Crippen molar-refractivity contribution in [3.63, 3.8) is 0 Å². The number of hydrogen-bond acceptors (Lipinski definition) is 0. The molecule has 1 aromatic rings. The molecule has 3 heteroatoms. The van der Waals surface area contributed by atoms with Gasteiger partial charge in [0.2, 0.25) is 0 Å². The minimum atomic E-state index is -4.12. The van der Waals surface area contributed by atoms with Crippen LogP contribution in [0, 0.1) is 18.8 Å². The van der Waals surface area contributed by atoms with E-state index in [1.807, 2.05) is 6.92 Å².